The highest BCUT2D eigenvalue weighted by Crippen LogP contribution is 2.28. The van der Waals surface area contributed by atoms with Gasteiger partial charge in [0.2, 0.25) is 0 Å². The molecule has 0 saturated carbocycles. The summed E-state index contributed by atoms with van der Waals surface area (Å²) in [4.78, 5) is 27.2. The van der Waals surface area contributed by atoms with Crippen LogP contribution in [0.5, 0.6) is 0 Å². The molecule has 3 N–H and O–H groups in total. The molecule has 9 nitrogen and oxygen atoms in total. The number of para-hydroxylation sites is 1. The molecule has 4 rings (SSSR count). The Balaban J connectivity index is 1.86. The molecule has 2 aromatic carbocycles. The first-order valence-electron chi connectivity index (χ1n) is 8.49. The largest absolute Gasteiger partial charge is 0.325 e. The second kappa shape index (κ2) is 7.24. The standard InChI is InChI=1S/C19H15N5O4S/c25-18-15(11-20-19(26)21-18)23-29(27,28)16-12-24(14-9-5-2-6-10-14)22-17(16)13-7-3-1-4-8-13/h1-12,23H,(H2,20,21,25,26). The summed E-state index contributed by atoms with van der Waals surface area (Å²) >= 11 is 0. The van der Waals surface area contributed by atoms with Crippen LogP contribution in [0.1, 0.15) is 0 Å². The molecule has 0 spiro atoms. The van der Waals surface area contributed by atoms with Crippen LogP contribution in [0.3, 0.4) is 0 Å². The second-order valence-corrected chi connectivity index (χ2v) is 7.73. The highest BCUT2D eigenvalue weighted by molar-refractivity contribution is 7.92. The molecule has 0 aliphatic carbocycles. The van der Waals surface area contributed by atoms with Crippen molar-refractivity contribution in [3.8, 4) is 16.9 Å². The van der Waals surface area contributed by atoms with Gasteiger partial charge in [-0.3, -0.25) is 14.5 Å². The maximum absolute atomic E-state index is 13.1. The summed E-state index contributed by atoms with van der Waals surface area (Å²) in [6, 6.07) is 17.9. The van der Waals surface area contributed by atoms with Crippen LogP contribution in [0.25, 0.3) is 16.9 Å². The summed E-state index contributed by atoms with van der Waals surface area (Å²) in [6.45, 7) is 0. The molecule has 0 unspecified atom stereocenters. The van der Waals surface area contributed by atoms with Crippen molar-refractivity contribution < 1.29 is 8.42 Å². The zero-order valence-corrected chi connectivity index (χ0v) is 15.7. The zero-order chi connectivity index (χ0) is 20.4. The van der Waals surface area contributed by atoms with Gasteiger partial charge in [0.05, 0.1) is 11.9 Å². The SMILES string of the molecule is O=c1[nH]cc(NS(=O)(=O)c2cn(-c3ccccc3)nc2-c2ccccc2)c(=O)[nH]1. The fourth-order valence-corrected chi connectivity index (χ4v) is 3.95. The Bertz CT molecular complexity index is 1370. The van der Waals surface area contributed by atoms with Crippen LogP contribution < -0.4 is 16.0 Å². The zero-order valence-electron chi connectivity index (χ0n) is 14.9. The van der Waals surface area contributed by atoms with Crippen molar-refractivity contribution in [2.24, 2.45) is 0 Å². The number of sulfonamides is 1. The number of benzene rings is 2. The molecule has 0 radical (unpaired) electrons. The van der Waals surface area contributed by atoms with Crippen LogP contribution in [0.4, 0.5) is 5.69 Å². The summed E-state index contributed by atoms with van der Waals surface area (Å²) in [5, 5.41) is 4.45. The molecule has 2 aromatic heterocycles. The van der Waals surface area contributed by atoms with Gasteiger partial charge in [0.15, 0.2) is 0 Å². The topological polar surface area (TPSA) is 130 Å². The fourth-order valence-electron chi connectivity index (χ4n) is 2.75. The van der Waals surface area contributed by atoms with Crippen molar-refractivity contribution in [2.75, 3.05) is 4.72 Å². The lowest BCUT2D eigenvalue weighted by Crippen LogP contribution is -2.26. The lowest BCUT2D eigenvalue weighted by molar-refractivity contribution is 0.601. The molecule has 29 heavy (non-hydrogen) atoms. The molecule has 0 saturated heterocycles. The number of nitrogens with one attached hydrogen (secondary N) is 3. The van der Waals surface area contributed by atoms with Crippen molar-refractivity contribution in [2.45, 2.75) is 4.90 Å². The van der Waals surface area contributed by atoms with Gasteiger partial charge in [0.1, 0.15) is 16.3 Å². The molecule has 0 fully saturated rings. The predicted octanol–water partition coefficient (Wildman–Crippen LogP) is 1.72. The van der Waals surface area contributed by atoms with E-state index in [1.54, 1.807) is 36.4 Å². The van der Waals surface area contributed by atoms with Gasteiger partial charge in [-0.2, -0.15) is 5.10 Å². The van der Waals surface area contributed by atoms with Gasteiger partial charge in [-0.25, -0.2) is 17.9 Å². The van der Waals surface area contributed by atoms with E-state index in [9.17, 15) is 18.0 Å². The molecule has 0 bridgehead atoms. The number of rotatable bonds is 5. The Morgan fingerprint density at radius 3 is 2.24 bits per heavy atom. The molecule has 0 atom stereocenters. The summed E-state index contributed by atoms with van der Waals surface area (Å²) in [5.74, 6) is 0. The van der Waals surface area contributed by atoms with Gasteiger partial charge in [0.25, 0.3) is 15.6 Å². The van der Waals surface area contributed by atoms with E-state index in [0.717, 1.165) is 6.20 Å². The second-order valence-electron chi connectivity index (χ2n) is 6.08. The van der Waals surface area contributed by atoms with Gasteiger partial charge in [-0.15, -0.1) is 0 Å². The van der Waals surface area contributed by atoms with Crippen LogP contribution >= 0.6 is 0 Å². The average molecular weight is 409 g/mol. The summed E-state index contributed by atoms with van der Waals surface area (Å²) in [5.41, 5.74) is -0.404. The van der Waals surface area contributed by atoms with E-state index in [4.69, 9.17) is 0 Å². The summed E-state index contributed by atoms with van der Waals surface area (Å²) in [6.07, 6.45) is 2.38. The Morgan fingerprint density at radius 2 is 1.59 bits per heavy atom. The third-order valence-electron chi connectivity index (χ3n) is 4.10. The molecule has 2 heterocycles. The maximum atomic E-state index is 13.1. The number of aromatic amines is 2. The Hall–Kier alpha value is -3.92. The smallest absolute Gasteiger partial charge is 0.312 e. The van der Waals surface area contributed by atoms with E-state index in [1.165, 1.54) is 10.9 Å². The molecular weight excluding hydrogens is 394 g/mol. The van der Waals surface area contributed by atoms with Gasteiger partial charge in [-0.1, -0.05) is 48.5 Å². The van der Waals surface area contributed by atoms with Crippen molar-refractivity contribution in [1.29, 1.82) is 0 Å². The van der Waals surface area contributed by atoms with Crippen LogP contribution in [-0.2, 0) is 10.0 Å². The number of hydrogen-bond acceptors (Lipinski definition) is 5. The normalized spacial score (nSPS) is 11.3. The van der Waals surface area contributed by atoms with Gasteiger partial charge < -0.3 is 4.98 Å². The highest BCUT2D eigenvalue weighted by atomic mass is 32.2. The summed E-state index contributed by atoms with van der Waals surface area (Å²) in [7, 11) is -4.19. The van der Waals surface area contributed by atoms with Gasteiger partial charge >= 0.3 is 5.69 Å². The Morgan fingerprint density at radius 1 is 0.931 bits per heavy atom. The van der Waals surface area contributed by atoms with Crippen LogP contribution in [-0.4, -0.2) is 28.2 Å². The minimum atomic E-state index is -4.19. The van der Waals surface area contributed by atoms with E-state index in [1.807, 2.05) is 29.2 Å². The van der Waals surface area contributed by atoms with E-state index in [0.29, 0.717) is 11.3 Å². The van der Waals surface area contributed by atoms with E-state index < -0.39 is 21.3 Å². The van der Waals surface area contributed by atoms with Gasteiger partial charge in [-0.05, 0) is 12.1 Å². The van der Waals surface area contributed by atoms with Gasteiger partial charge in [0, 0.05) is 11.8 Å². The maximum Gasteiger partial charge on any atom is 0.325 e. The molecular formula is C19H15N5O4S. The Kier molecular flexibility index (Phi) is 4.61. The van der Waals surface area contributed by atoms with Crippen LogP contribution in [0, 0.1) is 0 Å². The molecule has 0 aliphatic heterocycles. The first kappa shape index (κ1) is 18.4. The van der Waals surface area contributed by atoms with Crippen molar-refractivity contribution in [1.82, 2.24) is 19.7 Å². The molecule has 146 valence electrons. The summed E-state index contributed by atoms with van der Waals surface area (Å²) < 4.78 is 29.8. The fraction of sp³-hybridized carbons (Fsp3) is 0. The number of aromatic nitrogens is 4. The third-order valence-corrected chi connectivity index (χ3v) is 5.47. The van der Waals surface area contributed by atoms with Crippen molar-refractivity contribution >= 4 is 15.7 Å². The van der Waals surface area contributed by atoms with Crippen LogP contribution in [0.2, 0.25) is 0 Å². The first-order valence-corrected chi connectivity index (χ1v) is 9.98. The predicted molar refractivity (Wildman–Crippen MR) is 107 cm³/mol. The van der Waals surface area contributed by atoms with Crippen molar-refractivity contribution in [3.63, 3.8) is 0 Å². The lowest BCUT2D eigenvalue weighted by Gasteiger charge is -2.07. The van der Waals surface area contributed by atoms with Crippen molar-refractivity contribution in [3.05, 3.63) is 93.9 Å². The third kappa shape index (κ3) is 3.73. The molecule has 4 aromatic rings. The molecule has 0 aliphatic rings. The quantitative estimate of drug-likeness (QED) is 0.462. The number of H-pyrrole nitrogens is 2. The first-order chi connectivity index (χ1) is 13.9. The monoisotopic (exact) mass is 409 g/mol. The highest BCUT2D eigenvalue weighted by Gasteiger charge is 2.25. The Labute approximate surface area is 164 Å². The minimum Gasteiger partial charge on any atom is -0.312 e. The number of nitrogens with zero attached hydrogens (tertiary/aromatic N) is 2. The number of hydrogen-bond donors (Lipinski definition) is 3. The number of anilines is 1. The molecule has 0 amide bonds. The van der Waals surface area contributed by atoms with E-state index in [2.05, 4.69) is 14.8 Å². The lowest BCUT2D eigenvalue weighted by atomic mass is 10.2. The van der Waals surface area contributed by atoms with Crippen LogP contribution in [0.15, 0.2) is 87.5 Å². The average Bonchev–Trinajstić information content (AvgIpc) is 3.18. The molecule has 10 heteroatoms. The van der Waals surface area contributed by atoms with E-state index >= 15 is 0 Å². The van der Waals surface area contributed by atoms with E-state index in [-0.39, 0.29) is 16.3 Å². The minimum absolute atomic E-state index is 0.113.